The average molecular weight is 268 g/mol. The molecule has 0 aromatic carbocycles. The van der Waals surface area contributed by atoms with E-state index in [-0.39, 0.29) is 0 Å². The quantitative estimate of drug-likeness (QED) is 0.685. The van der Waals surface area contributed by atoms with E-state index < -0.39 is 0 Å². The molecular weight excluding hydrogens is 236 g/mol. The molecule has 0 unspecified atom stereocenters. The lowest BCUT2D eigenvalue weighted by molar-refractivity contribution is -0.132. The van der Waals surface area contributed by atoms with Crippen LogP contribution in [0.1, 0.15) is 71.6 Å². The molecule has 0 spiro atoms. The van der Waals surface area contributed by atoms with E-state index in [1.807, 2.05) is 11.9 Å². The molecule has 1 amide bonds. The third kappa shape index (κ3) is 5.94. The summed E-state index contributed by atoms with van der Waals surface area (Å²) in [5, 5.41) is 3.60. The fraction of sp³-hybridized carbons (Fsp3) is 0.938. The molecule has 0 heterocycles. The maximum absolute atomic E-state index is 12.1. The first kappa shape index (κ1) is 16.5. The van der Waals surface area contributed by atoms with Crippen LogP contribution in [0.25, 0.3) is 0 Å². The predicted molar refractivity (Wildman–Crippen MR) is 81.2 cm³/mol. The lowest BCUT2D eigenvalue weighted by Crippen LogP contribution is -2.43. The fourth-order valence-corrected chi connectivity index (χ4v) is 2.92. The van der Waals surface area contributed by atoms with Gasteiger partial charge in [-0.05, 0) is 45.1 Å². The summed E-state index contributed by atoms with van der Waals surface area (Å²) in [6.07, 6.45) is 10.1. The minimum Gasteiger partial charge on any atom is -0.343 e. The van der Waals surface area contributed by atoms with Gasteiger partial charge in [0.1, 0.15) is 0 Å². The van der Waals surface area contributed by atoms with Gasteiger partial charge in [0.25, 0.3) is 0 Å². The summed E-state index contributed by atoms with van der Waals surface area (Å²) in [5.41, 5.74) is 0. The highest BCUT2D eigenvalue weighted by molar-refractivity contribution is 5.76. The van der Waals surface area contributed by atoms with Crippen LogP contribution >= 0.6 is 0 Å². The van der Waals surface area contributed by atoms with E-state index in [1.165, 1.54) is 32.1 Å². The van der Waals surface area contributed by atoms with Crippen molar-refractivity contribution in [2.75, 3.05) is 13.6 Å². The van der Waals surface area contributed by atoms with Crippen molar-refractivity contribution in [3.8, 4) is 0 Å². The molecule has 0 aromatic rings. The van der Waals surface area contributed by atoms with Gasteiger partial charge in [-0.15, -0.1) is 0 Å². The lowest BCUT2D eigenvalue weighted by Gasteiger charge is -2.35. The van der Waals surface area contributed by atoms with E-state index in [9.17, 15) is 4.79 Å². The summed E-state index contributed by atoms with van der Waals surface area (Å²) < 4.78 is 0. The number of unbranched alkanes of at least 4 members (excludes halogenated alkanes) is 2. The molecule has 0 atom stereocenters. The van der Waals surface area contributed by atoms with Crippen LogP contribution in [-0.2, 0) is 4.79 Å². The Labute approximate surface area is 119 Å². The van der Waals surface area contributed by atoms with Gasteiger partial charge in [-0.1, -0.05) is 26.7 Å². The Hall–Kier alpha value is -0.570. The Balaban J connectivity index is 2.23. The summed E-state index contributed by atoms with van der Waals surface area (Å²) in [4.78, 5) is 14.1. The van der Waals surface area contributed by atoms with Crippen LogP contribution in [0.15, 0.2) is 0 Å². The van der Waals surface area contributed by atoms with E-state index in [4.69, 9.17) is 0 Å². The van der Waals surface area contributed by atoms with Crippen LogP contribution < -0.4 is 5.32 Å². The molecule has 0 aromatic heterocycles. The van der Waals surface area contributed by atoms with E-state index in [2.05, 4.69) is 19.2 Å². The Morgan fingerprint density at radius 3 is 2.37 bits per heavy atom. The molecule has 0 saturated heterocycles. The predicted octanol–water partition coefficient (Wildman–Crippen LogP) is 3.34. The molecule has 1 aliphatic rings. The first-order chi connectivity index (χ1) is 9.19. The molecule has 19 heavy (non-hydrogen) atoms. The van der Waals surface area contributed by atoms with Gasteiger partial charge in [-0.2, -0.15) is 0 Å². The monoisotopic (exact) mass is 268 g/mol. The number of rotatable bonds is 8. The van der Waals surface area contributed by atoms with Gasteiger partial charge in [-0.25, -0.2) is 0 Å². The van der Waals surface area contributed by atoms with Crippen LogP contribution in [0, 0.1) is 0 Å². The van der Waals surface area contributed by atoms with Crippen LogP contribution in [0.4, 0.5) is 0 Å². The van der Waals surface area contributed by atoms with Gasteiger partial charge in [0.2, 0.25) is 5.91 Å². The number of amides is 1. The van der Waals surface area contributed by atoms with Crippen LogP contribution in [0.5, 0.6) is 0 Å². The van der Waals surface area contributed by atoms with Crippen molar-refractivity contribution in [3.63, 3.8) is 0 Å². The fourth-order valence-electron chi connectivity index (χ4n) is 2.92. The zero-order valence-electron chi connectivity index (χ0n) is 13.1. The van der Waals surface area contributed by atoms with Crippen LogP contribution in [-0.4, -0.2) is 36.5 Å². The Kier molecular flexibility index (Phi) is 8.11. The second kappa shape index (κ2) is 9.35. The molecule has 0 bridgehead atoms. The van der Waals surface area contributed by atoms with Gasteiger partial charge in [0, 0.05) is 25.6 Å². The second-order valence-electron chi connectivity index (χ2n) is 5.92. The smallest absolute Gasteiger partial charge is 0.222 e. The molecule has 112 valence electrons. The number of nitrogens with zero attached hydrogens (tertiary/aromatic N) is 1. The van der Waals surface area contributed by atoms with E-state index >= 15 is 0 Å². The van der Waals surface area contributed by atoms with Gasteiger partial charge < -0.3 is 10.2 Å². The zero-order chi connectivity index (χ0) is 14.1. The van der Waals surface area contributed by atoms with Crippen molar-refractivity contribution in [2.24, 2.45) is 0 Å². The SMILES string of the molecule is CCCCCC(=O)N(C)C1CCC(NCCC)CC1. The van der Waals surface area contributed by atoms with Crippen LogP contribution in [0.2, 0.25) is 0 Å². The van der Waals surface area contributed by atoms with E-state index in [0.29, 0.717) is 18.0 Å². The minimum absolute atomic E-state index is 0.346. The van der Waals surface area contributed by atoms with Gasteiger partial charge >= 0.3 is 0 Å². The normalized spacial score (nSPS) is 23.3. The van der Waals surface area contributed by atoms with Crippen molar-refractivity contribution < 1.29 is 4.79 Å². The third-order valence-corrected chi connectivity index (χ3v) is 4.32. The zero-order valence-corrected chi connectivity index (χ0v) is 13.1. The van der Waals surface area contributed by atoms with E-state index in [1.54, 1.807) is 0 Å². The highest BCUT2D eigenvalue weighted by Gasteiger charge is 2.25. The topological polar surface area (TPSA) is 32.3 Å². The van der Waals surface area contributed by atoms with Crippen molar-refractivity contribution in [2.45, 2.75) is 83.7 Å². The number of carbonyl (C=O) groups excluding carboxylic acids is 1. The minimum atomic E-state index is 0.346. The Bertz CT molecular complexity index is 247. The summed E-state index contributed by atoms with van der Waals surface area (Å²) in [6, 6.07) is 1.16. The summed E-state index contributed by atoms with van der Waals surface area (Å²) in [5.74, 6) is 0.346. The molecule has 1 saturated carbocycles. The maximum Gasteiger partial charge on any atom is 0.222 e. The highest BCUT2D eigenvalue weighted by Crippen LogP contribution is 2.23. The largest absolute Gasteiger partial charge is 0.343 e. The Morgan fingerprint density at radius 2 is 1.79 bits per heavy atom. The molecule has 1 aliphatic carbocycles. The number of carbonyl (C=O) groups is 1. The number of hydrogen-bond acceptors (Lipinski definition) is 2. The molecule has 3 heteroatoms. The molecule has 1 rings (SSSR count). The summed E-state index contributed by atoms with van der Waals surface area (Å²) in [6.45, 7) is 5.52. The van der Waals surface area contributed by atoms with Gasteiger partial charge in [0.05, 0.1) is 0 Å². The van der Waals surface area contributed by atoms with Crippen molar-refractivity contribution in [1.82, 2.24) is 10.2 Å². The Morgan fingerprint density at radius 1 is 1.11 bits per heavy atom. The third-order valence-electron chi connectivity index (χ3n) is 4.32. The maximum atomic E-state index is 12.1. The molecule has 1 N–H and O–H groups in total. The van der Waals surface area contributed by atoms with Crippen molar-refractivity contribution in [3.05, 3.63) is 0 Å². The summed E-state index contributed by atoms with van der Waals surface area (Å²) >= 11 is 0. The highest BCUT2D eigenvalue weighted by atomic mass is 16.2. The number of hydrogen-bond donors (Lipinski definition) is 1. The molecule has 3 nitrogen and oxygen atoms in total. The first-order valence-corrected chi connectivity index (χ1v) is 8.18. The van der Waals surface area contributed by atoms with Gasteiger partial charge in [-0.3, -0.25) is 4.79 Å². The number of nitrogens with one attached hydrogen (secondary N) is 1. The van der Waals surface area contributed by atoms with Crippen molar-refractivity contribution in [1.29, 1.82) is 0 Å². The molecule has 1 fully saturated rings. The van der Waals surface area contributed by atoms with Gasteiger partial charge in [0.15, 0.2) is 0 Å². The standard InChI is InChI=1S/C16H32N2O/c1-4-6-7-8-16(19)18(3)15-11-9-14(10-12-15)17-13-5-2/h14-15,17H,4-13H2,1-3H3. The molecule has 0 aliphatic heterocycles. The molecule has 0 radical (unpaired) electrons. The van der Waals surface area contributed by atoms with Crippen LogP contribution in [0.3, 0.4) is 0 Å². The average Bonchev–Trinajstić information content (AvgIpc) is 2.45. The summed E-state index contributed by atoms with van der Waals surface area (Å²) in [7, 11) is 2.00. The van der Waals surface area contributed by atoms with E-state index in [0.717, 1.165) is 32.2 Å². The molecular formula is C16H32N2O. The lowest BCUT2D eigenvalue weighted by atomic mass is 9.90. The second-order valence-corrected chi connectivity index (χ2v) is 5.92. The first-order valence-electron chi connectivity index (χ1n) is 8.18. The van der Waals surface area contributed by atoms with Crippen molar-refractivity contribution >= 4 is 5.91 Å².